The monoisotopic (exact) mass is 181 g/mol. The molecule has 1 saturated carbocycles. The summed E-state index contributed by atoms with van der Waals surface area (Å²) >= 11 is 0. The Hall–Kier alpha value is -0.0400. The molecule has 1 heteroatoms. The van der Waals surface area contributed by atoms with Gasteiger partial charge in [0, 0.05) is 12.6 Å². The van der Waals surface area contributed by atoms with Crippen molar-refractivity contribution in [3.63, 3.8) is 0 Å². The summed E-state index contributed by atoms with van der Waals surface area (Å²) in [6, 6.07) is 0.812. The largest absolute Gasteiger partial charge is 0.303 e. The van der Waals surface area contributed by atoms with Gasteiger partial charge in [-0.3, -0.25) is 0 Å². The van der Waals surface area contributed by atoms with Crippen molar-refractivity contribution in [2.75, 3.05) is 13.6 Å². The molecule has 1 heterocycles. The number of rotatable bonds is 0. The van der Waals surface area contributed by atoms with Crippen LogP contribution in [0.15, 0.2) is 0 Å². The van der Waals surface area contributed by atoms with E-state index in [1.807, 2.05) is 0 Å². The average molecular weight is 181 g/mol. The summed E-state index contributed by atoms with van der Waals surface area (Å²) in [5.74, 6) is 0.979. The lowest BCUT2D eigenvalue weighted by molar-refractivity contribution is 0.273. The fourth-order valence-corrected chi connectivity index (χ4v) is 3.43. The Balaban J connectivity index is 2.05. The molecule has 13 heavy (non-hydrogen) atoms. The quantitative estimate of drug-likeness (QED) is 0.555. The first-order chi connectivity index (χ1) is 5.85. The van der Waals surface area contributed by atoms with Crippen LogP contribution in [-0.4, -0.2) is 24.5 Å². The average Bonchev–Trinajstić information content (AvgIpc) is 2.54. The maximum absolute atomic E-state index is 2.53. The van der Waals surface area contributed by atoms with Crippen LogP contribution in [0.25, 0.3) is 0 Å². The molecular formula is C12H23N. The second-order valence-electron chi connectivity index (χ2n) is 6.45. The van der Waals surface area contributed by atoms with Gasteiger partial charge in [0.25, 0.3) is 0 Å². The van der Waals surface area contributed by atoms with Crippen molar-refractivity contribution in [1.82, 2.24) is 4.90 Å². The second-order valence-corrected chi connectivity index (χ2v) is 6.45. The number of hydrogen-bond donors (Lipinski definition) is 0. The maximum atomic E-state index is 2.53. The van der Waals surface area contributed by atoms with Crippen molar-refractivity contribution in [2.45, 2.75) is 46.6 Å². The third-order valence-corrected chi connectivity index (χ3v) is 4.25. The van der Waals surface area contributed by atoms with E-state index in [0.717, 1.165) is 12.0 Å². The zero-order chi connectivity index (χ0) is 9.85. The van der Waals surface area contributed by atoms with Crippen LogP contribution in [-0.2, 0) is 0 Å². The van der Waals surface area contributed by atoms with Gasteiger partial charge in [-0.05, 0) is 43.6 Å². The van der Waals surface area contributed by atoms with Gasteiger partial charge in [-0.25, -0.2) is 0 Å². The molecule has 1 saturated heterocycles. The first-order valence-corrected chi connectivity index (χ1v) is 5.55. The van der Waals surface area contributed by atoms with E-state index in [4.69, 9.17) is 0 Å². The summed E-state index contributed by atoms with van der Waals surface area (Å²) in [6.07, 6.45) is 2.91. The van der Waals surface area contributed by atoms with Crippen molar-refractivity contribution >= 4 is 0 Å². The van der Waals surface area contributed by atoms with Crippen molar-refractivity contribution in [2.24, 2.45) is 16.7 Å². The summed E-state index contributed by atoms with van der Waals surface area (Å²) in [7, 11) is 2.28. The second kappa shape index (κ2) is 2.50. The molecule has 76 valence electrons. The SMILES string of the molecule is CC1CC2(C[C@@H]2C(C)(C)C)CN1C. The van der Waals surface area contributed by atoms with Crippen LogP contribution in [0, 0.1) is 16.7 Å². The Morgan fingerprint density at radius 3 is 2.15 bits per heavy atom. The summed E-state index contributed by atoms with van der Waals surface area (Å²) in [5.41, 5.74) is 1.25. The molecule has 0 aromatic carbocycles. The van der Waals surface area contributed by atoms with Crippen molar-refractivity contribution in [3.05, 3.63) is 0 Å². The first kappa shape index (κ1) is 9.51. The highest BCUT2D eigenvalue weighted by Gasteiger charge is 2.61. The van der Waals surface area contributed by atoms with Gasteiger partial charge in [-0.1, -0.05) is 20.8 Å². The van der Waals surface area contributed by atoms with Gasteiger partial charge in [0.2, 0.25) is 0 Å². The Morgan fingerprint density at radius 2 is 1.85 bits per heavy atom. The Kier molecular flexibility index (Phi) is 1.83. The zero-order valence-corrected chi connectivity index (χ0v) is 9.72. The van der Waals surface area contributed by atoms with Crippen molar-refractivity contribution in [1.29, 1.82) is 0 Å². The van der Waals surface area contributed by atoms with Gasteiger partial charge in [0.05, 0.1) is 0 Å². The van der Waals surface area contributed by atoms with Gasteiger partial charge < -0.3 is 4.90 Å². The molecule has 1 spiro atoms. The number of nitrogens with zero attached hydrogens (tertiary/aromatic N) is 1. The van der Waals surface area contributed by atoms with E-state index in [2.05, 4.69) is 39.6 Å². The highest BCUT2D eigenvalue weighted by Crippen LogP contribution is 2.65. The van der Waals surface area contributed by atoms with Crippen molar-refractivity contribution < 1.29 is 0 Å². The van der Waals surface area contributed by atoms with E-state index in [9.17, 15) is 0 Å². The predicted molar refractivity (Wildman–Crippen MR) is 56.7 cm³/mol. The lowest BCUT2D eigenvalue weighted by atomic mass is 9.84. The summed E-state index contributed by atoms with van der Waals surface area (Å²) < 4.78 is 0. The maximum Gasteiger partial charge on any atom is 0.00699 e. The fourth-order valence-electron chi connectivity index (χ4n) is 3.43. The standard InChI is InChI=1S/C12H23N/c1-9-6-12(8-13(9)5)7-10(12)11(2,3)4/h9-10H,6-8H2,1-5H3/t9?,10-,12?/m1/s1. The van der Waals surface area contributed by atoms with Gasteiger partial charge >= 0.3 is 0 Å². The van der Waals surface area contributed by atoms with E-state index in [0.29, 0.717) is 10.8 Å². The van der Waals surface area contributed by atoms with E-state index >= 15 is 0 Å². The van der Waals surface area contributed by atoms with Gasteiger partial charge in [0.1, 0.15) is 0 Å². The number of hydrogen-bond acceptors (Lipinski definition) is 1. The van der Waals surface area contributed by atoms with Crippen molar-refractivity contribution in [3.8, 4) is 0 Å². The van der Waals surface area contributed by atoms with Crippen LogP contribution in [0.3, 0.4) is 0 Å². The van der Waals surface area contributed by atoms with Crippen LogP contribution in [0.2, 0.25) is 0 Å². The predicted octanol–water partition coefficient (Wildman–Crippen LogP) is 2.76. The summed E-state index contributed by atoms with van der Waals surface area (Å²) in [6.45, 7) is 10.9. The lowest BCUT2D eigenvalue weighted by Gasteiger charge is -2.21. The Labute approximate surface area is 82.5 Å². The summed E-state index contributed by atoms with van der Waals surface area (Å²) in [4.78, 5) is 2.53. The molecule has 2 aliphatic rings. The molecule has 2 unspecified atom stereocenters. The summed E-state index contributed by atoms with van der Waals surface area (Å²) in [5, 5.41) is 0. The molecule has 3 atom stereocenters. The smallest absolute Gasteiger partial charge is 0.00699 e. The van der Waals surface area contributed by atoms with Crippen LogP contribution in [0.1, 0.15) is 40.5 Å². The number of likely N-dealkylation sites (tertiary alicyclic amines) is 1. The van der Waals surface area contributed by atoms with Crippen LogP contribution >= 0.6 is 0 Å². The van der Waals surface area contributed by atoms with Crippen LogP contribution in [0.5, 0.6) is 0 Å². The van der Waals surface area contributed by atoms with Gasteiger partial charge in [0.15, 0.2) is 0 Å². The third-order valence-electron chi connectivity index (χ3n) is 4.25. The van der Waals surface area contributed by atoms with E-state index in [1.165, 1.54) is 19.4 Å². The third kappa shape index (κ3) is 1.41. The normalized spacial score (nSPS) is 45.9. The molecule has 1 nitrogen and oxygen atoms in total. The molecule has 0 radical (unpaired) electrons. The topological polar surface area (TPSA) is 3.24 Å². The molecule has 2 rings (SSSR count). The Bertz CT molecular complexity index is 204. The molecule has 0 bridgehead atoms. The molecule has 0 aromatic heterocycles. The molecule has 1 aliphatic heterocycles. The van der Waals surface area contributed by atoms with E-state index in [1.54, 1.807) is 0 Å². The molecule has 0 aromatic rings. The molecule has 0 amide bonds. The minimum absolute atomic E-state index is 0.533. The minimum Gasteiger partial charge on any atom is -0.303 e. The minimum atomic E-state index is 0.533. The highest BCUT2D eigenvalue weighted by atomic mass is 15.2. The van der Waals surface area contributed by atoms with Crippen LogP contribution < -0.4 is 0 Å². The molecular weight excluding hydrogens is 158 g/mol. The fraction of sp³-hybridized carbons (Fsp3) is 1.00. The van der Waals surface area contributed by atoms with Crippen LogP contribution in [0.4, 0.5) is 0 Å². The Morgan fingerprint density at radius 1 is 1.23 bits per heavy atom. The molecule has 1 aliphatic carbocycles. The van der Waals surface area contributed by atoms with Gasteiger partial charge in [-0.2, -0.15) is 0 Å². The van der Waals surface area contributed by atoms with E-state index < -0.39 is 0 Å². The highest BCUT2D eigenvalue weighted by molar-refractivity contribution is 5.12. The zero-order valence-electron chi connectivity index (χ0n) is 9.72. The lowest BCUT2D eigenvalue weighted by Crippen LogP contribution is -2.22. The molecule has 2 fully saturated rings. The van der Waals surface area contributed by atoms with E-state index in [-0.39, 0.29) is 0 Å². The first-order valence-electron chi connectivity index (χ1n) is 5.55. The van der Waals surface area contributed by atoms with Gasteiger partial charge in [-0.15, -0.1) is 0 Å². The molecule has 0 N–H and O–H groups in total.